The third-order valence-corrected chi connectivity index (χ3v) is 3.31. The molecule has 1 N–H and O–H groups in total. The molecular formula is C17H18N2. The van der Waals surface area contributed by atoms with Crippen LogP contribution in [-0.4, -0.2) is 13.1 Å². The van der Waals surface area contributed by atoms with Gasteiger partial charge in [-0.05, 0) is 49.2 Å². The highest BCUT2D eigenvalue weighted by Crippen LogP contribution is 2.21. The summed E-state index contributed by atoms with van der Waals surface area (Å²) in [5.41, 5.74) is 4.26. The second-order valence-corrected chi connectivity index (χ2v) is 4.78. The first-order chi connectivity index (χ1) is 9.22. The molecule has 0 saturated heterocycles. The summed E-state index contributed by atoms with van der Waals surface area (Å²) < 4.78 is 0. The smallest absolute Gasteiger partial charge is 0.0991 e. The Morgan fingerprint density at radius 3 is 2.47 bits per heavy atom. The van der Waals surface area contributed by atoms with Crippen molar-refractivity contribution in [1.82, 2.24) is 5.32 Å². The van der Waals surface area contributed by atoms with Gasteiger partial charge in [-0.2, -0.15) is 5.26 Å². The van der Waals surface area contributed by atoms with Crippen LogP contribution in [0.1, 0.15) is 18.1 Å². The van der Waals surface area contributed by atoms with E-state index in [0.29, 0.717) is 11.6 Å². The molecule has 1 unspecified atom stereocenters. The van der Waals surface area contributed by atoms with Crippen LogP contribution >= 0.6 is 0 Å². The van der Waals surface area contributed by atoms with E-state index in [2.05, 4.69) is 42.6 Å². The van der Waals surface area contributed by atoms with Gasteiger partial charge < -0.3 is 5.32 Å². The topological polar surface area (TPSA) is 35.8 Å². The second-order valence-electron chi connectivity index (χ2n) is 4.78. The highest BCUT2D eigenvalue weighted by molar-refractivity contribution is 5.65. The molecule has 0 heterocycles. The van der Waals surface area contributed by atoms with Crippen LogP contribution in [-0.2, 0) is 6.42 Å². The lowest BCUT2D eigenvalue weighted by Crippen LogP contribution is -2.23. The zero-order valence-electron chi connectivity index (χ0n) is 11.4. The molecule has 2 nitrogen and oxygen atoms in total. The molecule has 0 radical (unpaired) electrons. The van der Waals surface area contributed by atoms with E-state index in [9.17, 15) is 0 Å². The predicted octanol–water partition coefficient (Wildman–Crippen LogP) is 3.38. The Morgan fingerprint density at radius 2 is 1.84 bits per heavy atom. The van der Waals surface area contributed by atoms with Crippen LogP contribution in [0.15, 0.2) is 48.5 Å². The zero-order chi connectivity index (χ0) is 13.7. The molecule has 19 heavy (non-hydrogen) atoms. The van der Waals surface area contributed by atoms with Crippen LogP contribution in [0.25, 0.3) is 11.1 Å². The Labute approximate surface area is 114 Å². The number of nitriles is 1. The summed E-state index contributed by atoms with van der Waals surface area (Å²) in [6.45, 7) is 2.17. The number of nitrogens with zero attached hydrogens (tertiary/aromatic N) is 1. The third kappa shape index (κ3) is 3.43. The Balaban J connectivity index is 2.20. The van der Waals surface area contributed by atoms with E-state index in [4.69, 9.17) is 5.26 Å². The molecule has 0 aliphatic rings. The minimum absolute atomic E-state index is 0.479. The van der Waals surface area contributed by atoms with Gasteiger partial charge in [0, 0.05) is 6.04 Å². The number of rotatable bonds is 4. The molecule has 1 atom stereocenters. The van der Waals surface area contributed by atoms with E-state index in [1.807, 2.05) is 31.3 Å². The van der Waals surface area contributed by atoms with Gasteiger partial charge in [0.15, 0.2) is 0 Å². The summed E-state index contributed by atoms with van der Waals surface area (Å²) in [5.74, 6) is 0. The van der Waals surface area contributed by atoms with Crippen molar-refractivity contribution in [3.8, 4) is 17.2 Å². The van der Waals surface area contributed by atoms with Gasteiger partial charge in [-0.25, -0.2) is 0 Å². The van der Waals surface area contributed by atoms with Crippen molar-refractivity contribution >= 4 is 0 Å². The van der Waals surface area contributed by atoms with Crippen LogP contribution in [0.4, 0.5) is 0 Å². The first-order valence-electron chi connectivity index (χ1n) is 6.49. The van der Waals surface area contributed by atoms with Crippen molar-refractivity contribution in [3.05, 3.63) is 59.7 Å². The number of hydrogen-bond donors (Lipinski definition) is 1. The van der Waals surface area contributed by atoms with Crippen molar-refractivity contribution in [3.63, 3.8) is 0 Å². The second kappa shape index (κ2) is 6.17. The van der Waals surface area contributed by atoms with Gasteiger partial charge in [0.05, 0.1) is 11.6 Å². The molecule has 0 aromatic heterocycles. The maximum atomic E-state index is 8.92. The van der Waals surface area contributed by atoms with Gasteiger partial charge >= 0.3 is 0 Å². The average molecular weight is 250 g/mol. The first-order valence-corrected chi connectivity index (χ1v) is 6.49. The van der Waals surface area contributed by atoms with Gasteiger partial charge in [-0.1, -0.05) is 36.4 Å². The summed E-state index contributed by atoms with van der Waals surface area (Å²) in [4.78, 5) is 0. The molecule has 0 bridgehead atoms. The summed E-state index contributed by atoms with van der Waals surface area (Å²) in [5, 5.41) is 12.2. The first kappa shape index (κ1) is 13.3. The number of hydrogen-bond acceptors (Lipinski definition) is 2. The summed E-state index contributed by atoms with van der Waals surface area (Å²) in [7, 11) is 1.98. The largest absolute Gasteiger partial charge is 0.317 e. The van der Waals surface area contributed by atoms with Crippen LogP contribution in [0.5, 0.6) is 0 Å². The van der Waals surface area contributed by atoms with Crippen molar-refractivity contribution in [1.29, 1.82) is 5.26 Å². The Kier molecular flexibility index (Phi) is 4.33. The standard InChI is InChI=1S/C17H18N2/c1-13(19-2)10-14-6-8-16(9-7-14)17-5-3-4-15(11-17)12-18/h3-9,11,13,19H,10H2,1-2H3. The Bertz CT molecular complexity index is 579. The number of benzene rings is 2. The maximum absolute atomic E-state index is 8.92. The fourth-order valence-electron chi connectivity index (χ4n) is 2.06. The van der Waals surface area contributed by atoms with Crippen LogP contribution in [0.3, 0.4) is 0 Å². The molecular weight excluding hydrogens is 232 g/mol. The molecule has 2 rings (SSSR count). The lowest BCUT2D eigenvalue weighted by molar-refractivity contribution is 0.608. The molecule has 0 aliphatic heterocycles. The molecule has 2 aromatic carbocycles. The van der Waals surface area contributed by atoms with Crippen molar-refractivity contribution in [2.45, 2.75) is 19.4 Å². The van der Waals surface area contributed by atoms with E-state index in [-0.39, 0.29) is 0 Å². The molecule has 2 aromatic rings. The van der Waals surface area contributed by atoms with Crippen molar-refractivity contribution in [2.75, 3.05) is 7.05 Å². The minimum atomic E-state index is 0.479. The number of nitrogens with one attached hydrogen (secondary N) is 1. The van der Waals surface area contributed by atoms with Gasteiger partial charge in [-0.15, -0.1) is 0 Å². The van der Waals surface area contributed by atoms with Crippen LogP contribution in [0, 0.1) is 11.3 Å². The molecule has 96 valence electrons. The lowest BCUT2D eigenvalue weighted by Gasteiger charge is -2.10. The van der Waals surface area contributed by atoms with Gasteiger partial charge in [0.1, 0.15) is 0 Å². The van der Waals surface area contributed by atoms with E-state index in [1.165, 1.54) is 5.56 Å². The maximum Gasteiger partial charge on any atom is 0.0991 e. The molecule has 2 heteroatoms. The summed E-state index contributed by atoms with van der Waals surface area (Å²) in [6, 6.07) is 18.9. The van der Waals surface area contributed by atoms with Crippen LogP contribution < -0.4 is 5.32 Å². The predicted molar refractivity (Wildman–Crippen MR) is 78.8 cm³/mol. The lowest BCUT2D eigenvalue weighted by atomic mass is 10.00. The van der Waals surface area contributed by atoms with Gasteiger partial charge in [0.25, 0.3) is 0 Å². The normalized spacial score (nSPS) is 11.8. The fraction of sp³-hybridized carbons (Fsp3) is 0.235. The third-order valence-electron chi connectivity index (χ3n) is 3.31. The SMILES string of the molecule is CNC(C)Cc1ccc(-c2cccc(C#N)c2)cc1. The van der Waals surface area contributed by atoms with Gasteiger partial charge in [-0.3, -0.25) is 0 Å². The fourth-order valence-corrected chi connectivity index (χ4v) is 2.06. The highest BCUT2D eigenvalue weighted by Gasteiger charge is 2.02. The zero-order valence-corrected chi connectivity index (χ0v) is 11.4. The summed E-state index contributed by atoms with van der Waals surface area (Å²) >= 11 is 0. The monoisotopic (exact) mass is 250 g/mol. The van der Waals surface area contributed by atoms with E-state index >= 15 is 0 Å². The Hall–Kier alpha value is -2.11. The molecule has 0 aliphatic carbocycles. The van der Waals surface area contributed by atoms with Crippen LogP contribution in [0.2, 0.25) is 0 Å². The Morgan fingerprint density at radius 1 is 1.11 bits per heavy atom. The highest BCUT2D eigenvalue weighted by atomic mass is 14.8. The summed E-state index contributed by atoms with van der Waals surface area (Å²) in [6.07, 6.45) is 1.02. The van der Waals surface area contributed by atoms with Crippen molar-refractivity contribution < 1.29 is 0 Å². The van der Waals surface area contributed by atoms with E-state index < -0.39 is 0 Å². The van der Waals surface area contributed by atoms with E-state index in [1.54, 1.807) is 0 Å². The molecule has 0 amide bonds. The minimum Gasteiger partial charge on any atom is -0.317 e. The van der Waals surface area contributed by atoms with E-state index in [0.717, 1.165) is 17.5 Å². The number of likely N-dealkylation sites (N-methyl/N-ethyl adjacent to an activating group) is 1. The average Bonchev–Trinajstić information content (AvgIpc) is 2.48. The molecule has 0 fully saturated rings. The van der Waals surface area contributed by atoms with Crippen molar-refractivity contribution in [2.24, 2.45) is 0 Å². The quantitative estimate of drug-likeness (QED) is 0.903. The molecule has 0 spiro atoms. The molecule has 0 saturated carbocycles. The van der Waals surface area contributed by atoms with Gasteiger partial charge in [0.2, 0.25) is 0 Å².